The summed E-state index contributed by atoms with van der Waals surface area (Å²) < 4.78 is 2.55. The molecule has 0 spiro atoms. The summed E-state index contributed by atoms with van der Waals surface area (Å²) in [4.78, 5) is 10.2. The molecule has 4 aliphatic rings. The molecule has 85 heavy (non-hydrogen) atoms. The van der Waals surface area contributed by atoms with Gasteiger partial charge in [0.1, 0.15) is 0 Å². The number of anilines is 12. The number of para-hydroxylation sites is 3. The number of benzene rings is 11. The van der Waals surface area contributed by atoms with Gasteiger partial charge in [0, 0.05) is 84.7 Å². The van der Waals surface area contributed by atoms with E-state index in [4.69, 9.17) is 0 Å². The number of nitrogens with zero attached hydrogens (tertiary/aromatic N) is 5. The Balaban J connectivity index is 1.01. The molecular weight excluding hydrogens is 1030 g/mol. The van der Waals surface area contributed by atoms with Crippen LogP contribution in [0.25, 0.3) is 27.5 Å². The first-order valence-electron chi connectivity index (χ1n) is 30.8. The fourth-order valence-corrected chi connectivity index (χ4v) is 14.8. The summed E-state index contributed by atoms with van der Waals surface area (Å²) in [5, 5.41) is 2.48. The van der Waals surface area contributed by atoms with Crippen LogP contribution < -0.4 is 52.4 Å². The molecule has 0 saturated heterocycles. The van der Waals surface area contributed by atoms with E-state index in [1.807, 2.05) is 0 Å². The third kappa shape index (κ3) is 7.78. The highest BCUT2D eigenvalue weighted by Gasteiger charge is 2.46. The molecule has 0 saturated carbocycles. The first kappa shape index (κ1) is 51.2. The lowest BCUT2D eigenvalue weighted by Crippen LogP contribution is -2.61. The maximum Gasteiger partial charge on any atom is 0.252 e. The molecule has 5 heterocycles. The minimum absolute atomic E-state index is 0.0542. The lowest BCUT2D eigenvalue weighted by molar-refractivity contribution is 0.866. The second kappa shape index (κ2) is 19.6. The van der Waals surface area contributed by atoms with Gasteiger partial charge >= 0.3 is 0 Å². The standard InChI is InChI=1S/C78H67B2N5/c1-48(2)52-30-36-59(37-31-52)81-67-40-34-54(50(5)6)42-63(67)79-65-44-61-62-45-66-76(47-74(62)85(58-24-16-11-17-25-58)73(61)46-75(65)83(56-20-12-9-13-21-56)71-28-18-26-69(81)77(71)79)84(57-22-14-10-15-23-57)72-29-19-27-70-78(72)80(66)64-43-55(51(7)8)35-41-68(64)82(70)60-38-32-53(33-39-60)49(3)4/h9-51H,1-8H3. The van der Waals surface area contributed by atoms with Crippen molar-refractivity contribution in [2.75, 3.05) is 19.6 Å². The average Bonchev–Trinajstić information content (AvgIpc) is 1.70. The van der Waals surface area contributed by atoms with E-state index in [1.165, 1.54) is 134 Å². The van der Waals surface area contributed by atoms with Crippen molar-refractivity contribution in [3.05, 3.63) is 259 Å². The molecule has 0 aliphatic carbocycles. The maximum absolute atomic E-state index is 2.61. The zero-order chi connectivity index (χ0) is 57.5. The molecule has 11 aromatic carbocycles. The fourth-order valence-electron chi connectivity index (χ4n) is 14.8. The molecule has 7 heteroatoms. The molecule has 5 nitrogen and oxygen atoms in total. The molecular formula is C78H67B2N5. The van der Waals surface area contributed by atoms with Crippen LogP contribution in [0.4, 0.5) is 68.2 Å². The van der Waals surface area contributed by atoms with E-state index in [2.05, 4.69) is 316 Å². The summed E-state index contributed by atoms with van der Waals surface area (Å²) in [5.41, 5.74) is 31.1. The van der Waals surface area contributed by atoms with Crippen molar-refractivity contribution in [3.63, 3.8) is 0 Å². The fraction of sp³-hybridized carbons (Fsp3) is 0.154. The Morgan fingerprint density at radius 2 is 0.553 bits per heavy atom. The largest absolute Gasteiger partial charge is 0.311 e. The SMILES string of the molecule is CC(C)c1ccc(N2c3ccc(C(C)C)cc3B3c4cc5c6cc7c(cc6n(-c6ccccc6)c5cc4N(c4ccccc4)c4cccc2c43)N(c2ccccc2)c2cccc3c2B7c2cc(C(C)C)ccc2N3c2ccc(C(C)C)cc2)cc1. The Labute approximate surface area is 501 Å². The Morgan fingerprint density at radius 1 is 0.247 bits per heavy atom. The smallest absolute Gasteiger partial charge is 0.252 e. The zero-order valence-electron chi connectivity index (χ0n) is 49.7. The maximum atomic E-state index is 2.61. The van der Waals surface area contributed by atoms with Gasteiger partial charge < -0.3 is 24.2 Å². The summed E-state index contributed by atoms with van der Waals surface area (Å²) in [7, 11) is 0. The van der Waals surface area contributed by atoms with E-state index < -0.39 is 0 Å². The molecule has 410 valence electrons. The van der Waals surface area contributed by atoms with Crippen LogP contribution in [0.15, 0.2) is 237 Å². The second-order valence-corrected chi connectivity index (χ2v) is 25.3. The summed E-state index contributed by atoms with van der Waals surface area (Å²) in [6.07, 6.45) is 0. The molecule has 0 N–H and O–H groups in total. The van der Waals surface area contributed by atoms with Crippen LogP contribution in [0.2, 0.25) is 0 Å². The van der Waals surface area contributed by atoms with Crippen molar-refractivity contribution in [1.29, 1.82) is 0 Å². The minimum Gasteiger partial charge on any atom is -0.311 e. The van der Waals surface area contributed by atoms with E-state index >= 15 is 0 Å². The zero-order valence-corrected chi connectivity index (χ0v) is 49.7. The first-order chi connectivity index (χ1) is 41.5. The van der Waals surface area contributed by atoms with Gasteiger partial charge in [-0.05, 0) is 188 Å². The third-order valence-corrected chi connectivity index (χ3v) is 19.0. The number of fused-ring (bicyclic) bond motifs is 11. The van der Waals surface area contributed by atoms with Crippen LogP contribution in [0.3, 0.4) is 0 Å². The molecule has 4 aliphatic heterocycles. The van der Waals surface area contributed by atoms with Crippen LogP contribution >= 0.6 is 0 Å². The van der Waals surface area contributed by atoms with E-state index in [0.29, 0.717) is 23.7 Å². The summed E-state index contributed by atoms with van der Waals surface area (Å²) in [6.45, 7) is 18.3. The highest BCUT2D eigenvalue weighted by molar-refractivity contribution is 7.01. The quantitative estimate of drug-likeness (QED) is 0.134. The lowest BCUT2D eigenvalue weighted by Gasteiger charge is -2.44. The highest BCUT2D eigenvalue weighted by Crippen LogP contribution is 2.49. The molecule has 16 rings (SSSR count). The molecule has 1 aromatic heterocycles. The molecule has 12 aromatic rings. The van der Waals surface area contributed by atoms with Gasteiger partial charge in [-0.2, -0.15) is 0 Å². The van der Waals surface area contributed by atoms with Crippen molar-refractivity contribution in [2.24, 2.45) is 0 Å². The first-order valence-corrected chi connectivity index (χ1v) is 30.8. The van der Waals surface area contributed by atoms with Crippen molar-refractivity contribution in [3.8, 4) is 5.69 Å². The molecule has 0 amide bonds. The molecule has 0 unspecified atom stereocenters. The van der Waals surface area contributed by atoms with Gasteiger partial charge in [0.25, 0.3) is 13.4 Å². The number of hydrogen-bond donors (Lipinski definition) is 0. The monoisotopic (exact) mass is 1100 g/mol. The predicted octanol–water partition coefficient (Wildman–Crippen LogP) is 17.4. The van der Waals surface area contributed by atoms with Crippen LogP contribution in [-0.4, -0.2) is 18.0 Å². The van der Waals surface area contributed by atoms with Crippen LogP contribution in [0.5, 0.6) is 0 Å². The van der Waals surface area contributed by atoms with Crippen molar-refractivity contribution in [1.82, 2.24) is 4.57 Å². The Kier molecular flexibility index (Phi) is 11.8. The summed E-state index contributed by atoms with van der Waals surface area (Å²) in [6, 6.07) is 90.8. The lowest BCUT2D eigenvalue weighted by atomic mass is 9.33. The Morgan fingerprint density at radius 3 is 0.906 bits per heavy atom. The van der Waals surface area contributed by atoms with Gasteiger partial charge in [-0.15, -0.1) is 0 Å². The van der Waals surface area contributed by atoms with Crippen molar-refractivity contribution >= 4 is 136 Å². The Bertz CT molecular complexity index is 4350. The van der Waals surface area contributed by atoms with Crippen molar-refractivity contribution in [2.45, 2.75) is 79.1 Å². The van der Waals surface area contributed by atoms with Gasteiger partial charge in [0.15, 0.2) is 0 Å². The number of hydrogen-bond acceptors (Lipinski definition) is 4. The van der Waals surface area contributed by atoms with Gasteiger partial charge in [0.05, 0.1) is 11.0 Å². The number of rotatable bonds is 9. The number of aromatic nitrogens is 1. The van der Waals surface area contributed by atoms with Gasteiger partial charge in [-0.1, -0.05) is 183 Å². The van der Waals surface area contributed by atoms with Crippen LogP contribution in [0, 0.1) is 0 Å². The third-order valence-electron chi connectivity index (χ3n) is 19.0. The van der Waals surface area contributed by atoms with Crippen LogP contribution in [0.1, 0.15) is 101 Å². The normalized spacial score (nSPS) is 13.7. The molecule has 0 atom stereocenters. The van der Waals surface area contributed by atoms with Crippen LogP contribution in [-0.2, 0) is 0 Å². The second-order valence-electron chi connectivity index (χ2n) is 25.3. The molecule has 0 fully saturated rings. The van der Waals surface area contributed by atoms with E-state index in [-0.39, 0.29) is 13.4 Å². The van der Waals surface area contributed by atoms with Gasteiger partial charge in [-0.25, -0.2) is 0 Å². The van der Waals surface area contributed by atoms with Gasteiger partial charge in [0.2, 0.25) is 0 Å². The molecule has 0 radical (unpaired) electrons. The van der Waals surface area contributed by atoms with E-state index in [1.54, 1.807) is 0 Å². The highest BCUT2D eigenvalue weighted by atomic mass is 15.2. The van der Waals surface area contributed by atoms with Crippen molar-refractivity contribution < 1.29 is 0 Å². The summed E-state index contributed by atoms with van der Waals surface area (Å²) in [5.74, 6) is 1.57. The van der Waals surface area contributed by atoms with Gasteiger partial charge in [-0.3, -0.25) is 0 Å². The van der Waals surface area contributed by atoms with E-state index in [9.17, 15) is 0 Å². The van der Waals surface area contributed by atoms with E-state index in [0.717, 1.165) is 17.1 Å². The summed E-state index contributed by atoms with van der Waals surface area (Å²) >= 11 is 0. The average molecular weight is 1100 g/mol. The minimum atomic E-state index is -0.0542. The topological polar surface area (TPSA) is 17.9 Å². The Hall–Kier alpha value is -9.45. The molecule has 0 bridgehead atoms. The predicted molar refractivity (Wildman–Crippen MR) is 365 cm³/mol.